The molecule has 27 heavy (non-hydrogen) atoms. The van der Waals surface area contributed by atoms with Crippen molar-refractivity contribution in [3.05, 3.63) is 65.6 Å². The fourth-order valence-electron chi connectivity index (χ4n) is 2.40. The first kappa shape index (κ1) is 18.9. The predicted molar refractivity (Wildman–Crippen MR) is 102 cm³/mol. The lowest BCUT2D eigenvalue weighted by Gasteiger charge is -2.26. The second kappa shape index (κ2) is 8.70. The van der Waals surface area contributed by atoms with E-state index in [2.05, 4.69) is 10.0 Å². The van der Waals surface area contributed by atoms with E-state index in [0.29, 0.717) is 18.1 Å². The number of carbonyl (C=O) groups is 1. The maximum atomic E-state index is 11.9. The molecule has 3 rings (SSSR count). The summed E-state index contributed by atoms with van der Waals surface area (Å²) in [6.07, 6.45) is 1.13. The minimum Gasteiger partial charge on any atom is -0.486 e. The number of hydrogen-bond donors (Lipinski definition) is 2. The number of ether oxygens (including phenoxy) is 2. The van der Waals surface area contributed by atoms with E-state index in [9.17, 15) is 13.2 Å². The van der Waals surface area contributed by atoms with Crippen LogP contribution >= 0.6 is 0 Å². The van der Waals surface area contributed by atoms with Gasteiger partial charge in [-0.05, 0) is 23.8 Å². The highest BCUT2D eigenvalue weighted by atomic mass is 32.2. The molecule has 0 aliphatic carbocycles. The second-order valence-corrected chi connectivity index (χ2v) is 7.53. The molecule has 1 aliphatic rings. The van der Waals surface area contributed by atoms with Crippen LogP contribution in [0.1, 0.15) is 5.56 Å². The van der Waals surface area contributed by atoms with Gasteiger partial charge in [0, 0.05) is 5.41 Å². The number of nitrogens with one attached hydrogen (secondary N) is 2. The number of sulfonamides is 1. The molecule has 0 saturated carbocycles. The molecular weight excluding hydrogens is 368 g/mol. The van der Waals surface area contributed by atoms with Gasteiger partial charge in [0.15, 0.2) is 11.5 Å². The van der Waals surface area contributed by atoms with E-state index in [0.717, 1.165) is 11.0 Å². The molecule has 7 nitrogen and oxygen atoms in total. The monoisotopic (exact) mass is 388 g/mol. The topological polar surface area (TPSA) is 93.7 Å². The highest BCUT2D eigenvalue weighted by Crippen LogP contribution is 2.30. The van der Waals surface area contributed by atoms with Gasteiger partial charge < -0.3 is 14.8 Å². The molecule has 0 fully saturated rings. The van der Waals surface area contributed by atoms with Crippen LogP contribution < -0.4 is 19.5 Å². The molecule has 1 heterocycles. The maximum Gasteiger partial charge on any atom is 0.235 e. The molecule has 1 amide bonds. The first-order valence-corrected chi connectivity index (χ1v) is 9.94. The van der Waals surface area contributed by atoms with E-state index < -0.39 is 15.9 Å². The second-order valence-electron chi connectivity index (χ2n) is 5.88. The standard InChI is InChI=1S/C19H20N2O5S/c22-19(13-21-27(23,24)11-10-15-6-2-1-3-7-15)20-12-16-14-25-17-8-4-5-9-18(17)26-16/h1-11,16,21H,12-14H2,(H,20,22)/b11-10+. The lowest BCUT2D eigenvalue weighted by molar-refractivity contribution is -0.120. The molecule has 1 unspecified atom stereocenters. The van der Waals surface area contributed by atoms with Crippen molar-refractivity contribution < 1.29 is 22.7 Å². The van der Waals surface area contributed by atoms with E-state index in [1.807, 2.05) is 36.4 Å². The third-order valence-corrected chi connectivity index (χ3v) is 4.81. The first-order chi connectivity index (χ1) is 13.0. The van der Waals surface area contributed by atoms with Crippen molar-refractivity contribution in [3.63, 3.8) is 0 Å². The molecule has 0 aromatic heterocycles. The number of fused-ring (bicyclic) bond motifs is 1. The SMILES string of the molecule is O=C(CNS(=O)(=O)/C=C/c1ccccc1)NCC1COc2ccccc2O1. The van der Waals surface area contributed by atoms with Crippen LogP contribution in [-0.4, -0.2) is 40.1 Å². The number of carbonyl (C=O) groups excluding carboxylic acids is 1. The first-order valence-electron chi connectivity index (χ1n) is 8.40. The highest BCUT2D eigenvalue weighted by Gasteiger charge is 2.21. The third kappa shape index (κ3) is 5.83. The molecule has 0 bridgehead atoms. The van der Waals surface area contributed by atoms with Crippen molar-refractivity contribution in [1.82, 2.24) is 10.0 Å². The summed E-state index contributed by atoms with van der Waals surface area (Å²) in [7, 11) is -3.71. The molecule has 1 aliphatic heterocycles. The Labute approximate surface area is 158 Å². The van der Waals surface area contributed by atoms with E-state index >= 15 is 0 Å². The fourth-order valence-corrected chi connectivity index (χ4v) is 3.17. The normalized spacial score (nSPS) is 16.2. The lowest BCUT2D eigenvalue weighted by atomic mass is 10.2. The fraction of sp³-hybridized carbons (Fsp3) is 0.211. The molecule has 0 spiro atoms. The van der Waals surface area contributed by atoms with E-state index in [4.69, 9.17) is 9.47 Å². The van der Waals surface area contributed by atoms with Gasteiger partial charge in [0.05, 0.1) is 13.1 Å². The zero-order valence-electron chi connectivity index (χ0n) is 14.5. The van der Waals surface area contributed by atoms with Gasteiger partial charge in [-0.2, -0.15) is 0 Å². The molecule has 0 saturated heterocycles. The van der Waals surface area contributed by atoms with E-state index in [1.165, 1.54) is 6.08 Å². The van der Waals surface area contributed by atoms with Gasteiger partial charge in [0.25, 0.3) is 0 Å². The predicted octanol–water partition coefficient (Wildman–Crippen LogP) is 1.53. The zero-order chi connectivity index (χ0) is 19.1. The molecule has 1 atom stereocenters. The Balaban J connectivity index is 1.42. The third-order valence-electron chi connectivity index (χ3n) is 3.77. The largest absolute Gasteiger partial charge is 0.486 e. The van der Waals surface area contributed by atoms with Gasteiger partial charge in [0.1, 0.15) is 12.7 Å². The van der Waals surface area contributed by atoms with Crippen LogP contribution in [0.25, 0.3) is 6.08 Å². The zero-order valence-corrected chi connectivity index (χ0v) is 15.3. The molecular formula is C19H20N2O5S. The summed E-state index contributed by atoms with van der Waals surface area (Å²) in [6.45, 7) is 0.170. The van der Waals surface area contributed by atoms with Crippen LogP contribution in [0.15, 0.2) is 60.0 Å². The Bertz CT molecular complexity index is 913. The smallest absolute Gasteiger partial charge is 0.235 e. The number of para-hydroxylation sites is 2. The Morgan fingerprint density at radius 2 is 1.78 bits per heavy atom. The molecule has 2 aromatic rings. The Kier molecular flexibility index (Phi) is 6.10. The summed E-state index contributed by atoms with van der Waals surface area (Å²) in [6, 6.07) is 16.3. The number of amides is 1. The molecule has 142 valence electrons. The van der Waals surface area contributed by atoms with Crippen molar-refractivity contribution in [1.29, 1.82) is 0 Å². The van der Waals surface area contributed by atoms with Crippen molar-refractivity contribution in [2.24, 2.45) is 0 Å². The van der Waals surface area contributed by atoms with E-state index in [-0.39, 0.29) is 19.2 Å². The van der Waals surface area contributed by atoms with Gasteiger partial charge in [-0.1, -0.05) is 42.5 Å². The summed E-state index contributed by atoms with van der Waals surface area (Å²) in [5.41, 5.74) is 0.752. The summed E-state index contributed by atoms with van der Waals surface area (Å²) in [5.74, 6) is 0.835. The summed E-state index contributed by atoms with van der Waals surface area (Å²) >= 11 is 0. The van der Waals surface area contributed by atoms with Crippen LogP contribution in [0.5, 0.6) is 11.5 Å². The Hall–Kier alpha value is -2.84. The van der Waals surface area contributed by atoms with Gasteiger partial charge in [-0.3, -0.25) is 4.79 Å². The van der Waals surface area contributed by atoms with Gasteiger partial charge >= 0.3 is 0 Å². The minimum absolute atomic E-state index is 0.217. The van der Waals surface area contributed by atoms with E-state index in [1.54, 1.807) is 18.2 Å². The average molecular weight is 388 g/mol. The summed E-state index contributed by atoms with van der Waals surface area (Å²) in [5, 5.41) is 3.67. The van der Waals surface area contributed by atoms with Crippen LogP contribution in [0.3, 0.4) is 0 Å². The highest BCUT2D eigenvalue weighted by molar-refractivity contribution is 7.92. The van der Waals surface area contributed by atoms with Crippen molar-refractivity contribution in [2.45, 2.75) is 6.10 Å². The van der Waals surface area contributed by atoms with Crippen LogP contribution in [0.2, 0.25) is 0 Å². The number of benzene rings is 2. The van der Waals surface area contributed by atoms with Crippen molar-refractivity contribution >= 4 is 22.0 Å². The number of rotatable bonds is 7. The van der Waals surface area contributed by atoms with Gasteiger partial charge in [-0.15, -0.1) is 0 Å². The lowest BCUT2D eigenvalue weighted by Crippen LogP contribution is -2.44. The van der Waals surface area contributed by atoms with Gasteiger partial charge in [-0.25, -0.2) is 13.1 Å². The molecule has 0 radical (unpaired) electrons. The Morgan fingerprint density at radius 1 is 1.07 bits per heavy atom. The van der Waals surface area contributed by atoms with Crippen LogP contribution in [0, 0.1) is 0 Å². The molecule has 2 N–H and O–H groups in total. The molecule has 2 aromatic carbocycles. The Morgan fingerprint density at radius 3 is 2.56 bits per heavy atom. The van der Waals surface area contributed by atoms with Crippen molar-refractivity contribution in [2.75, 3.05) is 19.7 Å². The molecule has 8 heteroatoms. The van der Waals surface area contributed by atoms with Crippen LogP contribution in [0.4, 0.5) is 0 Å². The summed E-state index contributed by atoms with van der Waals surface area (Å²) < 4.78 is 37.4. The van der Waals surface area contributed by atoms with Crippen LogP contribution in [-0.2, 0) is 14.8 Å². The minimum atomic E-state index is -3.71. The quantitative estimate of drug-likeness (QED) is 0.750. The van der Waals surface area contributed by atoms with Crippen molar-refractivity contribution in [3.8, 4) is 11.5 Å². The number of hydrogen-bond acceptors (Lipinski definition) is 5. The maximum absolute atomic E-state index is 11.9. The van der Waals surface area contributed by atoms with Gasteiger partial charge in [0.2, 0.25) is 15.9 Å². The average Bonchev–Trinajstić information content (AvgIpc) is 2.70. The summed E-state index contributed by atoms with van der Waals surface area (Å²) in [4.78, 5) is 11.9.